The van der Waals surface area contributed by atoms with Crippen LogP contribution < -0.4 is 0 Å². The first kappa shape index (κ1) is 21.8. The molecule has 0 N–H and O–H groups in total. The van der Waals surface area contributed by atoms with Crippen molar-refractivity contribution in [2.24, 2.45) is 0 Å². The highest BCUT2D eigenvalue weighted by atomic mass is 32.1. The molecule has 0 atom stereocenters. The Hall–Kier alpha value is -4.28. The lowest BCUT2D eigenvalue weighted by Crippen LogP contribution is -1.95. The number of aryl methyl sites for hydroxylation is 2. The molecule has 0 aliphatic carbocycles. The highest BCUT2D eigenvalue weighted by molar-refractivity contribution is 7.18. The number of hydrogen-bond donors (Lipinski definition) is 0. The molecular weight excluding hydrogens is 488 g/mol. The Bertz CT molecular complexity index is 2270. The number of rotatable bonds is 2. The summed E-state index contributed by atoms with van der Waals surface area (Å²) in [5, 5.41) is 14.2. The molecule has 0 spiro atoms. The lowest BCUT2D eigenvalue weighted by molar-refractivity contribution is 0.613. The molecule has 8 aromatic rings. The molecule has 0 saturated carbocycles. The van der Waals surface area contributed by atoms with E-state index in [0.29, 0.717) is 0 Å². The highest BCUT2D eigenvalue weighted by Crippen LogP contribution is 2.52. The average molecular weight is 513 g/mol. The van der Waals surface area contributed by atoms with Crippen LogP contribution in [-0.2, 0) is 0 Å². The molecule has 184 valence electrons. The van der Waals surface area contributed by atoms with Gasteiger partial charge in [-0.1, -0.05) is 24.3 Å². The van der Waals surface area contributed by atoms with Crippen LogP contribution in [0.2, 0.25) is 0 Å². The van der Waals surface area contributed by atoms with Crippen LogP contribution in [0, 0.1) is 13.8 Å². The van der Waals surface area contributed by atoms with E-state index >= 15 is 0 Å². The maximum atomic E-state index is 6.16. The second-order valence-electron chi connectivity index (χ2n) is 9.98. The van der Waals surface area contributed by atoms with Crippen LogP contribution in [0.1, 0.15) is 36.1 Å². The summed E-state index contributed by atoms with van der Waals surface area (Å²) in [6.45, 7) is 8.50. The van der Waals surface area contributed by atoms with Crippen LogP contribution in [0.3, 0.4) is 0 Å². The number of fused-ring (bicyclic) bond motifs is 15. The summed E-state index contributed by atoms with van der Waals surface area (Å²) in [5.74, 6) is 0. The fourth-order valence-electron chi connectivity index (χ4n) is 6.69. The van der Waals surface area contributed by atoms with Gasteiger partial charge in [0.25, 0.3) is 0 Å². The molecule has 3 nitrogen and oxygen atoms in total. The lowest BCUT2D eigenvalue weighted by atomic mass is 9.82. The monoisotopic (exact) mass is 512 g/mol. The second-order valence-corrected chi connectivity index (χ2v) is 10.9. The van der Waals surface area contributed by atoms with Crippen molar-refractivity contribution in [1.82, 2.24) is 0 Å². The number of benzene rings is 4. The molecular formula is C34H24O3S. The molecule has 0 aliphatic rings. The number of furan rings is 3. The molecule has 0 bridgehead atoms. The van der Waals surface area contributed by atoms with Crippen molar-refractivity contribution in [1.29, 1.82) is 0 Å². The van der Waals surface area contributed by atoms with E-state index < -0.39 is 0 Å². The van der Waals surface area contributed by atoms with E-state index in [0.717, 1.165) is 44.0 Å². The minimum absolute atomic E-state index is 0.933. The van der Waals surface area contributed by atoms with Crippen molar-refractivity contribution >= 4 is 98.8 Å². The lowest BCUT2D eigenvalue weighted by Gasteiger charge is -2.20. The zero-order chi connectivity index (χ0) is 25.7. The molecule has 0 aliphatic heterocycles. The van der Waals surface area contributed by atoms with E-state index in [1.165, 1.54) is 53.5 Å². The van der Waals surface area contributed by atoms with Crippen molar-refractivity contribution in [2.75, 3.05) is 0 Å². The largest absolute Gasteiger partial charge is 0.464 e. The van der Waals surface area contributed by atoms with E-state index in [2.05, 4.69) is 81.6 Å². The molecule has 4 heteroatoms. The van der Waals surface area contributed by atoms with Crippen molar-refractivity contribution in [3.63, 3.8) is 0 Å². The van der Waals surface area contributed by atoms with Crippen LogP contribution >= 0.6 is 11.3 Å². The van der Waals surface area contributed by atoms with E-state index in [1.54, 1.807) is 11.3 Å². The molecule has 0 saturated heterocycles. The SMILES string of the molecule is C/C=C\c1c(C)c2occc2c2c1c1c3ccoc3c(C)c(/C=C\C)c1c1c3ccoc3c3sccc3c21. The van der Waals surface area contributed by atoms with Gasteiger partial charge in [-0.15, -0.1) is 11.3 Å². The van der Waals surface area contributed by atoms with E-state index in [4.69, 9.17) is 13.3 Å². The van der Waals surface area contributed by atoms with Gasteiger partial charge >= 0.3 is 0 Å². The van der Waals surface area contributed by atoms with Crippen molar-refractivity contribution in [3.8, 4) is 0 Å². The Labute approximate surface area is 222 Å². The third-order valence-electron chi connectivity index (χ3n) is 8.14. The molecule has 4 heterocycles. The van der Waals surface area contributed by atoms with Gasteiger partial charge in [-0.3, -0.25) is 0 Å². The Morgan fingerprint density at radius 3 is 1.53 bits per heavy atom. The second kappa shape index (κ2) is 7.62. The third kappa shape index (κ3) is 2.49. The van der Waals surface area contributed by atoms with E-state index in [1.807, 2.05) is 18.8 Å². The summed E-state index contributed by atoms with van der Waals surface area (Å²) in [6.07, 6.45) is 14.2. The maximum absolute atomic E-state index is 6.16. The van der Waals surface area contributed by atoms with Crippen LogP contribution in [0.25, 0.3) is 87.5 Å². The summed E-state index contributed by atoms with van der Waals surface area (Å²) < 4.78 is 19.6. The number of allylic oxidation sites excluding steroid dienone is 2. The van der Waals surface area contributed by atoms with Crippen LogP contribution in [0.4, 0.5) is 0 Å². The third-order valence-corrected chi connectivity index (χ3v) is 9.05. The van der Waals surface area contributed by atoms with E-state index in [-0.39, 0.29) is 0 Å². The fourth-order valence-corrected chi connectivity index (χ4v) is 7.60. The van der Waals surface area contributed by atoms with Gasteiger partial charge in [0.15, 0.2) is 5.58 Å². The Balaban J connectivity index is 1.93. The fraction of sp³-hybridized carbons (Fsp3) is 0.118. The topological polar surface area (TPSA) is 39.4 Å². The zero-order valence-corrected chi connectivity index (χ0v) is 22.4. The molecule has 4 aromatic heterocycles. The molecule has 0 unspecified atom stereocenters. The Morgan fingerprint density at radius 1 is 0.553 bits per heavy atom. The van der Waals surface area contributed by atoms with Gasteiger partial charge in [0.05, 0.1) is 23.5 Å². The molecule has 4 aromatic carbocycles. The Kier molecular flexibility index (Phi) is 4.37. The molecule has 8 rings (SSSR count). The minimum Gasteiger partial charge on any atom is -0.464 e. The van der Waals surface area contributed by atoms with Gasteiger partial charge in [-0.25, -0.2) is 0 Å². The van der Waals surface area contributed by atoms with Gasteiger partial charge in [0.1, 0.15) is 11.2 Å². The predicted octanol–water partition coefficient (Wildman–Crippen LogP) is 11.3. The summed E-state index contributed by atoms with van der Waals surface area (Å²) in [5.41, 5.74) is 7.48. The van der Waals surface area contributed by atoms with Crippen LogP contribution in [0.5, 0.6) is 0 Å². The first-order valence-electron chi connectivity index (χ1n) is 12.9. The first-order chi connectivity index (χ1) is 18.7. The smallest absolute Gasteiger partial charge is 0.152 e. The summed E-state index contributed by atoms with van der Waals surface area (Å²) in [7, 11) is 0. The molecule has 38 heavy (non-hydrogen) atoms. The summed E-state index contributed by atoms with van der Waals surface area (Å²) in [6, 6.07) is 8.62. The average Bonchev–Trinajstić information content (AvgIpc) is 3.73. The quantitative estimate of drug-likeness (QED) is 0.216. The highest BCUT2D eigenvalue weighted by Gasteiger charge is 2.26. The first-order valence-corrected chi connectivity index (χ1v) is 13.8. The van der Waals surface area contributed by atoms with Gasteiger partial charge in [0, 0.05) is 54.2 Å². The van der Waals surface area contributed by atoms with Crippen molar-refractivity contribution in [3.05, 3.63) is 82.8 Å². The standard InChI is InChI=1S/C34H24O3S/c1-5-7-19-17(3)32-22(10-14-36-32)28-25(19)27-21-9-13-35-31(21)18(4)20(8-6-2)26(27)29-23-11-15-37-33(23)34-24(30(28)29)12-16-38-34/h5-16H,1-4H3/b7-5-,8-6-. The molecule has 0 fully saturated rings. The Morgan fingerprint density at radius 2 is 1.00 bits per heavy atom. The van der Waals surface area contributed by atoms with Crippen molar-refractivity contribution in [2.45, 2.75) is 27.7 Å². The van der Waals surface area contributed by atoms with Gasteiger partial charge in [-0.05, 0) is 79.2 Å². The van der Waals surface area contributed by atoms with Gasteiger partial charge in [0.2, 0.25) is 0 Å². The molecule has 0 amide bonds. The normalized spacial score (nSPS) is 13.1. The predicted molar refractivity (Wildman–Crippen MR) is 163 cm³/mol. The maximum Gasteiger partial charge on any atom is 0.152 e. The zero-order valence-electron chi connectivity index (χ0n) is 21.6. The van der Waals surface area contributed by atoms with Gasteiger partial charge in [-0.2, -0.15) is 0 Å². The van der Waals surface area contributed by atoms with Crippen LogP contribution in [0.15, 0.2) is 73.8 Å². The van der Waals surface area contributed by atoms with E-state index in [9.17, 15) is 0 Å². The summed E-state index contributed by atoms with van der Waals surface area (Å²) in [4.78, 5) is 0. The minimum atomic E-state index is 0.933. The van der Waals surface area contributed by atoms with Crippen LogP contribution in [-0.4, -0.2) is 0 Å². The summed E-state index contributed by atoms with van der Waals surface area (Å²) >= 11 is 1.74. The van der Waals surface area contributed by atoms with Crippen molar-refractivity contribution < 1.29 is 13.3 Å². The molecule has 0 radical (unpaired) electrons. The van der Waals surface area contributed by atoms with Gasteiger partial charge < -0.3 is 13.3 Å². The number of thiophene rings is 1. The number of hydrogen-bond acceptors (Lipinski definition) is 4.